The van der Waals surface area contributed by atoms with E-state index in [2.05, 4.69) is 20.6 Å². The van der Waals surface area contributed by atoms with Crippen molar-refractivity contribution in [2.45, 2.75) is 38.6 Å². The quantitative estimate of drug-likeness (QED) is 0.612. The molecule has 34 heavy (non-hydrogen) atoms. The van der Waals surface area contributed by atoms with Crippen LogP contribution in [0.25, 0.3) is 0 Å². The van der Waals surface area contributed by atoms with Gasteiger partial charge in [-0.1, -0.05) is 6.07 Å². The number of rotatable bonds is 8. The number of carbonyl (C=O) groups excluding carboxylic acids is 3. The zero-order valence-corrected chi connectivity index (χ0v) is 19.5. The van der Waals surface area contributed by atoms with E-state index in [-0.39, 0.29) is 36.9 Å². The maximum absolute atomic E-state index is 13.5. The molecule has 1 aromatic carbocycles. The number of aryl methyl sites for hydroxylation is 1. The molecule has 0 saturated carbocycles. The van der Waals surface area contributed by atoms with Gasteiger partial charge in [0, 0.05) is 69.4 Å². The lowest BCUT2D eigenvalue weighted by Crippen LogP contribution is -2.38. The monoisotopic (exact) mass is 470 g/mol. The van der Waals surface area contributed by atoms with Gasteiger partial charge in [0.05, 0.1) is 0 Å². The van der Waals surface area contributed by atoms with Crippen LogP contribution in [0.5, 0.6) is 0 Å². The van der Waals surface area contributed by atoms with E-state index in [4.69, 9.17) is 0 Å². The van der Waals surface area contributed by atoms with Crippen molar-refractivity contribution in [3.63, 3.8) is 0 Å². The molecule has 2 aromatic rings. The van der Waals surface area contributed by atoms with Crippen molar-refractivity contribution in [1.82, 2.24) is 24.9 Å². The Morgan fingerprint density at radius 2 is 1.91 bits per heavy atom. The van der Waals surface area contributed by atoms with Crippen molar-refractivity contribution < 1.29 is 18.8 Å². The van der Waals surface area contributed by atoms with Crippen molar-refractivity contribution in [1.29, 1.82) is 0 Å². The highest BCUT2D eigenvalue weighted by atomic mass is 19.1. The number of hydrogen-bond donors (Lipinski definition) is 2. The van der Waals surface area contributed by atoms with Gasteiger partial charge in [0.25, 0.3) is 5.91 Å². The Morgan fingerprint density at radius 3 is 2.68 bits per heavy atom. The lowest BCUT2D eigenvalue weighted by atomic mass is 10.0. The van der Waals surface area contributed by atoms with Crippen molar-refractivity contribution >= 4 is 23.4 Å². The number of amides is 3. The van der Waals surface area contributed by atoms with Crippen LogP contribution in [0.2, 0.25) is 0 Å². The molecule has 4 rings (SSSR count). The number of fused-ring (bicyclic) bond motifs is 1. The Balaban J connectivity index is 1.31. The number of likely N-dealkylation sites (tertiary alicyclic amines) is 1. The van der Waals surface area contributed by atoms with Crippen molar-refractivity contribution in [3.8, 4) is 0 Å². The Morgan fingerprint density at radius 1 is 1.12 bits per heavy atom. The molecule has 182 valence electrons. The first kappa shape index (κ1) is 23.9. The number of nitrogens with zero attached hydrogens (tertiary/aromatic N) is 4. The second-order valence-electron chi connectivity index (χ2n) is 8.83. The molecule has 10 heteroatoms. The third kappa shape index (κ3) is 5.80. The molecule has 2 aliphatic heterocycles. The molecule has 9 nitrogen and oxygen atoms in total. The predicted octanol–water partition coefficient (Wildman–Crippen LogP) is 1.69. The van der Waals surface area contributed by atoms with E-state index in [1.54, 1.807) is 22.7 Å². The van der Waals surface area contributed by atoms with Gasteiger partial charge in [0.2, 0.25) is 11.8 Å². The average Bonchev–Trinajstić information content (AvgIpc) is 3.45. The van der Waals surface area contributed by atoms with Gasteiger partial charge in [0.1, 0.15) is 5.82 Å². The largest absolute Gasteiger partial charge is 0.355 e. The summed E-state index contributed by atoms with van der Waals surface area (Å²) >= 11 is 0. The van der Waals surface area contributed by atoms with Crippen LogP contribution < -0.4 is 10.6 Å². The summed E-state index contributed by atoms with van der Waals surface area (Å²) in [7, 11) is 1.77. The highest BCUT2D eigenvalue weighted by molar-refractivity contribution is 6.04. The summed E-state index contributed by atoms with van der Waals surface area (Å²) in [5.41, 5.74) is 2.14. The second kappa shape index (κ2) is 10.8. The smallest absolute Gasteiger partial charge is 0.276 e. The highest BCUT2D eigenvalue weighted by Gasteiger charge is 2.29. The summed E-state index contributed by atoms with van der Waals surface area (Å²) in [6, 6.07) is 5.65. The van der Waals surface area contributed by atoms with Gasteiger partial charge in [-0.3, -0.25) is 19.1 Å². The van der Waals surface area contributed by atoms with Gasteiger partial charge in [0.15, 0.2) is 5.69 Å². The summed E-state index contributed by atoms with van der Waals surface area (Å²) in [6.45, 7) is 4.37. The molecule has 2 N–H and O–H groups in total. The van der Waals surface area contributed by atoms with E-state index in [1.807, 2.05) is 0 Å². The van der Waals surface area contributed by atoms with Gasteiger partial charge in [-0.2, -0.15) is 5.10 Å². The fourth-order valence-corrected chi connectivity index (χ4v) is 4.57. The van der Waals surface area contributed by atoms with E-state index >= 15 is 0 Å². The number of nitrogens with one attached hydrogen (secondary N) is 2. The average molecular weight is 471 g/mol. The van der Waals surface area contributed by atoms with E-state index in [9.17, 15) is 18.8 Å². The summed E-state index contributed by atoms with van der Waals surface area (Å²) in [5, 5.41) is 9.92. The maximum atomic E-state index is 13.5. The third-order valence-electron chi connectivity index (χ3n) is 6.41. The molecule has 1 saturated heterocycles. The summed E-state index contributed by atoms with van der Waals surface area (Å²) < 4.78 is 15.1. The Kier molecular flexibility index (Phi) is 7.56. The first-order chi connectivity index (χ1) is 16.4. The highest BCUT2D eigenvalue weighted by Crippen LogP contribution is 2.24. The van der Waals surface area contributed by atoms with Crippen LogP contribution in [0.4, 0.5) is 10.1 Å². The normalized spacial score (nSPS) is 15.8. The Hall–Kier alpha value is -3.27. The Bertz CT molecular complexity index is 1060. The maximum Gasteiger partial charge on any atom is 0.276 e. The number of hydrogen-bond acceptors (Lipinski definition) is 5. The molecular weight excluding hydrogens is 439 g/mol. The molecule has 3 heterocycles. The molecule has 0 bridgehead atoms. The topological polar surface area (TPSA) is 99.6 Å². The summed E-state index contributed by atoms with van der Waals surface area (Å²) in [5.74, 6) is -1.14. The zero-order valence-electron chi connectivity index (χ0n) is 19.5. The number of benzene rings is 1. The number of anilines is 1. The first-order valence-electron chi connectivity index (χ1n) is 11.8. The fraction of sp³-hybridized carbons (Fsp3) is 0.500. The lowest BCUT2D eigenvalue weighted by molar-refractivity contribution is -0.134. The molecular formula is C24H31FN6O3. The van der Waals surface area contributed by atoms with Crippen LogP contribution in [0.15, 0.2) is 24.3 Å². The van der Waals surface area contributed by atoms with Crippen LogP contribution in [0.1, 0.15) is 47.4 Å². The molecule has 0 radical (unpaired) electrons. The van der Waals surface area contributed by atoms with Gasteiger partial charge in [-0.25, -0.2) is 4.39 Å². The SMILES string of the molecule is Cn1nc(C(=O)Nc2cccc(F)c2)c2c1CCN(C(=O)CCC(=O)NCCN1CCCC1)C2. The van der Waals surface area contributed by atoms with Crippen LogP contribution in [0.3, 0.4) is 0 Å². The zero-order chi connectivity index (χ0) is 24.1. The third-order valence-corrected chi connectivity index (χ3v) is 6.41. The van der Waals surface area contributed by atoms with E-state index in [1.165, 1.54) is 31.0 Å². The van der Waals surface area contributed by atoms with Crippen molar-refractivity contribution in [2.75, 3.05) is 38.0 Å². The van der Waals surface area contributed by atoms with Gasteiger partial charge in [-0.05, 0) is 44.1 Å². The molecule has 2 aliphatic rings. The minimum Gasteiger partial charge on any atom is -0.355 e. The molecule has 0 aliphatic carbocycles. The predicted molar refractivity (Wildman–Crippen MR) is 125 cm³/mol. The fourth-order valence-electron chi connectivity index (χ4n) is 4.57. The van der Waals surface area contributed by atoms with Crippen LogP contribution in [-0.4, -0.2) is 70.0 Å². The first-order valence-corrected chi connectivity index (χ1v) is 11.8. The molecule has 3 amide bonds. The van der Waals surface area contributed by atoms with Gasteiger partial charge >= 0.3 is 0 Å². The number of aromatic nitrogens is 2. The van der Waals surface area contributed by atoms with Crippen LogP contribution in [0, 0.1) is 5.82 Å². The second-order valence-corrected chi connectivity index (χ2v) is 8.83. The minimum absolute atomic E-state index is 0.121. The van der Waals surface area contributed by atoms with E-state index in [0.717, 1.165) is 25.3 Å². The Labute approximate surface area is 198 Å². The lowest BCUT2D eigenvalue weighted by Gasteiger charge is -2.27. The van der Waals surface area contributed by atoms with Crippen molar-refractivity contribution in [3.05, 3.63) is 47.0 Å². The summed E-state index contributed by atoms with van der Waals surface area (Å²) in [6.07, 6.45) is 3.26. The molecule has 1 fully saturated rings. The van der Waals surface area contributed by atoms with Gasteiger partial charge < -0.3 is 20.4 Å². The standard InChI is InChI=1S/C24H31FN6O3/c1-29-20-9-13-31(22(33)8-7-21(32)26-10-14-30-11-2-3-12-30)16-19(20)23(28-29)24(34)27-18-6-4-5-17(25)15-18/h4-6,15H,2-3,7-14,16H2,1H3,(H,26,32)(H,27,34). The summed E-state index contributed by atoms with van der Waals surface area (Å²) in [4.78, 5) is 41.8. The molecule has 0 spiro atoms. The number of halogens is 1. The van der Waals surface area contributed by atoms with E-state index < -0.39 is 11.7 Å². The number of carbonyl (C=O) groups is 3. The van der Waals surface area contributed by atoms with Crippen molar-refractivity contribution in [2.24, 2.45) is 7.05 Å². The minimum atomic E-state index is -0.450. The molecule has 0 unspecified atom stereocenters. The van der Waals surface area contributed by atoms with Crippen LogP contribution in [-0.2, 0) is 29.6 Å². The van der Waals surface area contributed by atoms with E-state index in [0.29, 0.717) is 30.8 Å². The molecule has 1 aromatic heterocycles. The van der Waals surface area contributed by atoms with Crippen LogP contribution >= 0.6 is 0 Å². The van der Waals surface area contributed by atoms with Gasteiger partial charge in [-0.15, -0.1) is 0 Å². The molecule has 0 atom stereocenters.